The number of hydrogen-bond donors (Lipinski definition) is 0. The van der Waals surface area contributed by atoms with Gasteiger partial charge < -0.3 is 65.8 Å². The normalized spacial score (nSPS) is 37.4. The molecule has 0 aromatic heterocycles. The predicted octanol–water partition coefficient (Wildman–Crippen LogP) is 12.6. The van der Waals surface area contributed by atoms with Crippen LogP contribution in [0, 0.1) is 17.0 Å². The highest BCUT2D eigenvalue weighted by molar-refractivity contribution is 6.75. The van der Waals surface area contributed by atoms with E-state index in [4.69, 9.17) is 55.9 Å². The Kier molecular flexibility index (Phi) is 23.6. The molecule has 2 bridgehead atoms. The SMILES string of the molecule is CCCCO[C@@H]1[C@@H](C)O[C@H](O[C@@H]2[C@@H]([N+](C)(C)[O-])[C@H](O[Si](C)(C)C(C)(C)C)[C@@H](O[C@H]3[C@H]4CC(O[Si](C)(C)C(C)(C)C)O[C@H](CC(=O)O[C@H](C)C/C=C/C=C/[C@H](O[Si](C)(C)C(C)(C)C)[C@H](C)C4)[C@@H]3OC)O[C@H]2C)C[C@]1(C)OC. The summed E-state index contributed by atoms with van der Waals surface area (Å²) in [6.45, 7) is 46.2. The molecule has 4 heterocycles. The molecule has 0 spiro atoms. The summed E-state index contributed by atoms with van der Waals surface area (Å²) >= 11 is 0. The Labute approximate surface area is 465 Å². The second kappa shape index (κ2) is 26.5. The third-order valence-electron chi connectivity index (χ3n) is 18.2. The molecule has 1 unspecified atom stereocenters. The number of cyclic esters (lactones) is 1. The molecular formula is C58H111NO14Si3. The fourth-order valence-electron chi connectivity index (χ4n) is 10.3. The molecule has 0 saturated carbocycles. The number of hydroxylamine groups is 3. The summed E-state index contributed by atoms with van der Waals surface area (Å²) in [6, 6.07) is -0.859. The van der Waals surface area contributed by atoms with Gasteiger partial charge >= 0.3 is 5.97 Å². The lowest BCUT2D eigenvalue weighted by Crippen LogP contribution is -2.71. The van der Waals surface area contributed by atoms with Crippen molar-refractivity contribution in [1.82, 2.24) is 0 Å². The number of esters is 1. The number of carbonyl (C=O) groups excluding carboxylic acids is 1. The van der Waals surface area contributed by atoms with E-state index in [2.05, 4.69) is 128 Å². The first-order valence-electron chi connectivity index (χ1n) is 28.8. The van der Waals surface area contributed by atoms with Crippen molar-refractivity contribution in [2.75, 3.05) is 34.9 Å². The van der Waals surface area contributed by atoms with Crippen molar-refractivity contribution in [2.45, 2.75) is 295 Å². The fourth-order valence-corrected chi connectivity index (χ4v) is 14.1. The molecule has 0 aromatic carbocycles. The van der Waals surface area contributed by atoms with Gasteiger partial charge in [0, 0.05) is 40.1 Å². The van der Waals surface area contributed by atoms with E-state index in [9.17, 15) is 4.79 Å². The topological polar surface area (TPSA) is 151 Å². The molecule has 17 atom stereocenters. The van der Waals surface area contributed by atoms with Gasteiger partial charge in [-0.15, -0.1) is 0 Å². The lowest BCUT2D eigenvalue weighted by molar-refractivity contribution is -0.879. The highest BCUT2D eigenvalue weighted by atomic mass is 28.4. The number of likely N-dealkylation sites (N-methyl/N-ethyl adjacent to an activating group) is 1. The van der Waals surface area contributed by atoms with Crippen LogP contribution in [0.5, 0.6) is 0 Å². The third kappa shape index (κ3) is 17.3. The van der Waals surface area contributed by atoms with Crippen LogP contribution in [0.1, 0.15) is 149 Å². The van der Waals surface area contributed by atoms with Crippen molar-refractivity contribution >= 4 is 30.9 Å². The molecule has 0 radical (unpaired) electrons. The first-order chi connectivity index (χ1) is 34.7. The van der Waals surface area contributed by atoms with Crippen LogP contribution in [0.25, 0.3) is 0 Å². The van der Waals surface area contributed by atoms with Crippen molar-refractivity contribution in [2.24, 2.45) is 11.8 Å². The van der Waals surface area contributed by atoms with Gasteiger partial charge in [-0.05, 0) is 107 Å². The maximum atomic E-state index is 15.2. The van der Waals surface area contributed by atoms with Crippen molar-refractivity contribution in [3.8, 4) is 0 Å². The zero-order valence-electron chi connectivity index (χ0n) is 52.4. The lowest BCUT2D eigenvalue weighted by Gasteiger charge is -2.57. The number of unbranched alkanes of at least 4 members (excludes halogenated alkanes) is 1. The van der Waals surface area contributed by atoms with E-state index in [0.29, 0.717) is 32.3 Å². The van der Waals surface area contributed by atoms with Crippen molar-refractivity contribution < 1.29 is 65.4 Å². The highest BCUT2D eigenvalue weighted by Gasteiger charge is 2.59. The predicted molar refractivity (Wildman–Crippen MR) is 309 cm³/mol. The van der Waals surface area contributed by atoms with Crippen LogP contribution in [0.15, 0.2) is 24.3 Å². The minimum absolute atomic E-state index is 0.0326. The molecule has 4 aliphatic rings. The van der Waals surface area contributed by atoms with E-state index in [1.165, 1.54) is 0 Å². The van der Waals surface area contributed by atoms with Gasteiger partial charge in [0.05, 0.1) is 56.6 Å². The van der Waals surface area contributed by atoms with Gasteiger partial charge in [0.15, 0.2) is 43.6 Å². The van der Waals surface area contributed by atoms with Crippen LogP contribution in [0.4, 0.5) is 0 Å². The smallest absolute Gasteiger partial charge is 0.308 e. The number of carbonyl (C=O) groups is 1. The Morgan fingerprint density at radius 2 is 1.33 bits per heavy atom. The van der Waals surface area contributed by atoms with Gasteiger partial charge in [0.25, 0.3) is 0 Å². The van der Waals surface area contributed by atoms with Gasteiger partial charge in [0.2, 0.25) is 0 Å². The number of quaternary nitrogens is 1. The van der Waals surface area contributed by atoms with Crippen LogP contribution in [0.3, 0.4) is 0 Å². The third-order valence-corrected chi connectivity index (χ3v) is 31.6. The molecular weight excluding hydrogens is 1020 g/mol. The summed E-state index contributed by atoms with van der Waals surface area (Å²) < 4.78 is 82.4. The van der Waals surface area contributed by atoms with Crippen LogP contribution in [-0.4, -0.2) is 162 Å². The number of methoxy groups -OCH3 is 2. The molecule has 4 rings (SSSR count). The van der Waals surface area contributed by atoms with Crippen molar-refractivity contribution in [3.63, 3.8) is 0 Å². The molecule has 444 valence electrons. The zero-order chi connectivity index (χ0) is 57.8. The first kappa shape index (κ1) is 67.6. The van der Waals surface area contributed by atoms with Crippen LogP contribution in [-0.2, 0) is 60.7 Å². The Morgan fingerprint density at radius 1 is 0.737 bits per heavy atom. The Bertz CT molecular complexity index is 1870. The van der Waals surface area contributed by atoms with E-state index in [1.54, 1.807) is 28.3 Å². The largest absolute Gasteiger partial charge is 0.633 e. The Hall–Kier alpha value is -0.919. The molecule has 0 aromatic rings. The number of nitrogens with zero attached hydrogens (tertiary/aromatic N) is 1. The second-order valence-corrected chi connectivity index (χ2v) is 42.4. The van der Waals surface area contributed by atoms with Crippen molar-refractivity contribution in [3.05, 3.63) is 29.5 Å². The quantitative estimate of drug-likeness (QED) is 0.0447. The monoisotopic (exact) mass is 1130 g/mol. The first-order valence-corrected chi connectivity index (χ1v) is 37.5. The molecule has 18 heteroatoms. The number of ether oxygens (including phenoxy) is 9. The number of fused-ring (bicyclic) bond motifs is 3. The lowest BCUT2D eigenvalue weighted by atomic mass is 9.83. The molecule has 76 heavy (non-hydrogen) atoms. The summed E-state index contributed by atoms with van der Waals surface area (Å²) in [6.07, 6.45) is 3.30. The van der Waals surface area contributed by atoms with Crippen LogP contribution in [0.2, 0.25) is 54.4 Å². The van der Waals surface area contributed by atoms with Crippen LogP contribution < -0.4 is 0 Å². The second-order valence-electron chi connectivity index (χ2n) is 28.1. The minimum Gasteiger partial charge on any atom is -0.633 e. The van der Waals surface area contributed by atoms with E-state index in [0.717, 1.165) is 12.8 Å². The molecule has 3 saturated heterocycles. The minimum atomic E-state index is -2.73. The average molecular weight is 1130 g/mol. The fraction of sp³-hybridized carbons (Fsp3) is 0.914. The average Bonchev–Trinajstić information content (AvgIpc) is 3.37. The van der Waals surface area contributed by atoms with E-state index < -0.39 is 109 Å². The standard InChI is InChI=1S/C58H111NO14Si3/c1-26-27-33-64-53-41(5)66-47(37-58(53,15)63-19)69-49-40(4)67-54(52(48(49)59(16,17)61)73-76(24,25)57(12,13)14)70-50-42-34-38(2)43(71-74(20,21)55(6,7)8)32-30-28-29-31-39(3)65-45(60)36-44(51(50)62-18)68-46(35-42)72-75(22,23)56(9,10)11/h28-30,32,38-44,46-54H,26-27,31,33-37H2,1-25H3/b29-28+,32-30+/t38-,39-,40+,41-,42-,43+,44-,46?,47-,48-,49+,50+,51+,52+,53-,54-,58+/m1/s1. The highest BCUT2D eigenvalue weighted by Crippen LogP contribution is 2.47. The Balaban J connectivity index is 1.96. The van der Waals surface area contributed by atoms with Gasteiger partial charge in [-0.2, -0.15) is 0 Å². The maximum Gasteiger partial charge on any atom is 0.308 e. The van der Waals surface area contributed by atoms with Gasteiger partial charge in [-0.1, -0.05) is 107 Å². The zero-order valence-corrected chi connectivity index (χ0v) is 55.4. The molecule has 15 nitrogen and oxygen atoms in total. The van der Waals surface area contributed by atoms with Crippen molar-refractivity contribution in [1.29, 1.82) is 0 Å². The Morgan fingerprint density at radius 3 is 1.88 bits per heavy atom. The molecule has 0 aliphatic carbocycles. The van der Waals surface area contributed by atoms with E-state index in [1.807, 2.05) is 39.8 Å². The molecule has 4 aliphatic heterocycles. The van der Waals surface area contributed by atoms with Gasteiger partial charge in [-0.3, -0.25) is 4.79 Å². The summed E-state index contributed by atoms with van der Waals surface area (Å²) in [4.78, 5) is 14.2. The van der Waals surface area contributed by atoms with E-state index >= 15 is 5.21 Å². The molecule has 0 amide bonds. The van der Waals surface area contributed by atoms with Gasteiger partial charge in [0.1, 0.15) is 36.7 Å². The summed E-state index contributed by atoms with van der Waals surface area (Å²) in [5, 5.41) is 14.8. The van der Waals surface area contributed by atoms with Gasteiger partial charge in [-0.25, -0.2) is 0 Å². The molecule has 0 N–H and O–H groups in total. The van der Waals surface area contributed by atoms with E-state index in [-0.39, 0.29) is 51.7 Å². The number of allylic oxidation sites excluding steroid dienone is 2. The summed E-state index contributed by atoms with van der Waals surface area (Å²) in [5.41, 5.74) is -0.733. The number of hydrogen-bond acceptors (Lipinski definition) is 14. The maximum absolute atomic E-state index is 15.2. The van der Waals surface area contributed by atoms with Crippen LogP contribution >= 0.6 is 0 Å². The molecule has 3 fully saturated rings. The summed E-state index contributed by atoms with van der Waals surface area (Å²) in [5.74, 6) is -0.748. The number of rotatable bonds is 17. The summed E-state index contributed by atoms with van der Waals surface area (Å²) in [7, 11) is -0.883.